The number of benzene rings is 1. The van der Waals surface area contributed by atoms with Crippen LogP contribution in [0.4, 0.5) is 0 Å². The Kier molecular flexibility index (Phi) is 6.66. The van der Waals surface area contributed by atoms with Gasteiger partial charge in [-0.2, -0.15) is 0 Å². The molecule has 0 aliphatic carbocycles. The molecule has 1 aromatic rings. The summed E-state index contributed by atoms with van der Waals surface area (Å²) in [5.74, 6) is 0. The zero-order valence-corrected chi connectivity index (χ0v) is 13.3. The van der Waals surface area contributed by atoms with Crippen molar-refractivity contribution in [2.24, 2.45) is 5.41 Å². The van der Waals surface area contributed by atoms with Crippen LogP contribution in [0.15, 0.2) is 30.3 Å². The first-order chi connectivity index (χ1) is 9.29. The van der Waals surface area contributed by atoms with E-state index in [0.29, 0.717) is 19.6 Å². The fraction of sp³-hybridized carbons (Fsp3) is 0.647. The molecule has 1 aromatic carbocycles. The summed E-state index contributed by atoms with van der Waals surface area (Å²) < 4.78 is 5.68. The van der Waals surface area contributed by atoms with Crippen LogP contribution in [-0.2, 0) is 11.3 Å². The molecule has 1 rings (SSSR count). The van der Waals surface area contributed by atoms with Gasteiger partial charge in [0.1, 0.15) is 0 Å². The van der Waals surface area contributed by atoms with E-state index in [4.69, 9.17) is 4.74 Å². The number of rotatable bonds is 9. The highest BCUT2D eigenvalue weighted by Crippen LogP contribution is 2.15. The maximum atomic E-state index is 9.62. The van der Waals surface area contributed by atoms with Crippen molar-refractivity contribution in [2.75, 3.05) is 19.8 Å². The zero-order valence-electron chi connectivity index (χ0n) is 13.3. The summed E-state index contributed by atoms with van der Waals surface area (Å²) in [6.45, 7) is 11.1. The summed E-state index contributed by atoms with van der Waals surface area (Å²) in [6.07, 6.45) is 0.667. The summed E-state index contributed by atoms with van der Waals surface area (Å²) in [4.78, 5) is 0. The number of aliphatic hydroxyl groups is 1. The zero-order chi connectivity index (χ0) is 15.1. The van der Waals surface area contributed by atoms with Gasteiger partial charge < -0.3 is 15.2 Å². The third-order valence-corrected chi connectivity index (χ3v) is 3.13. The monoisotopic (exact) mass is 279 g/mol. The maximum absolute atomic E-state index is 9.62. The lowest BCUT2D eigenvalue weighted by atomic mass is 9.94. The van der Waals surface area contributed by atoms with Crippen molar-refractivity contribution in [1.82, 2.24) is 5.32 Å². The molecule has 3 heteroatoms. The van der Waals surface area contributed by atoms with Crippen molar-refractivity contribution < 1.29 is 9.84 Å². The molecule has 0 spiro atoms. The fourth-order valence-electron chi connectivity index (χ4n) is 1.86. The van der Waals surface area contributed by atoms with E-state index in [0.717, 1.165) is 13.1 Å². The Labute approximate surface area is 123 Å². The van der Waals surface area contributed by atoms with Crippen LogP contribution < -0.4 is 5.32 Å². The fourth-order valence-corrected chi connectivity index (χ4v) is 1.86. The van der Waals surface area contributed by atoms with Crippen molar-refractivity contribution in [1.29, 1.82) is 0 Å². The Morgan fingerprint density at radius 2 is 1.75 bits per heavy atom. The van der Waals surface area contributed by atoms with Gasteiger partial charge in [0.05, 0.1) is 12.2 Å². The second kappa shape index (κ2) is 7.77. The van der Waals surface area contributed by atoms with Crippen LogP contribution in [0.25, 0.3) is 0 Å². The lowest BCUT2D eigenvalue weighted by molar-refractivity contribution is 0.00652. The van der Waals surface area contributed by atoms with Crippen molar-refractivity contribution in [3.05, 3.63) is 35.9 Å². The van der Waals surface area contributed by atoms with Crippen molar-refractivity contribution in [3.8, 4) is 0 Å². The van der Waals surface area contributed by atoms with E-state index >= 15 is 0 Å². The molecule has 0 saturated carbocycles. The molecular formula is C17H29NO2. The minimum atomic E-state index is -0.643. The van der Waals surface area contributed by atoms with Gasteiger partial charge in [-0.25, -0.2) is 0 Å². The van der Waals surface area contributed by atoms with E-state index in [1.807, 2.05) is 19.9 Å². The largest absolute Gasteiger partial charge is 0.390 e. The van der Waals surface area contributed by atoms with Crippen LogP contribution in [-0.4, -0.2) is 30.5 Å². The van der Waals surface area contributed by atoms with Crippen LogP contribution >= 0.6 is 0 Å². The van der Waals surface area contributed by atoms with Gasteiger partial charge in [-0.1, -0.05) is 44.2 Å². The summed E-state index contributed by atoms with van der Waals surface area (Å²) in [7, 11) is 0. The Morgan fingerprint density at radius 1 is 1.10 bits per heavy atom. The highest BCUT2D eigenvalue weighted by atomic mass is 16.5. The minimum Gasteiger partial charge on any atom is -0.390 e. The molecule has 0 aliphatic rings. The molecule has 0 amide bonds. The molecule has 0 atom stereocenters. The molecule has 114 valence electrons. The Morgan fingerprint density at radius 3 is 2.35 bits per heavy atom. The van der Waals surface area contributed by atoms with Crippen molar-refractivity contribution >= 4 is 0 Å². The van der Waals surface area contributed by atoms with Gasteiger partial charge >= 0.3 is 0 Å². The van der Waals surface area contributed by atoms with E-state index in [1.165, 1.54) is 5.56 Å². The molecule has 20 heavy (non-hydrogen) atoms. The predicted molar refractivity (Wildman–Crippen MR) is 83.7 cm³/mol. The first-order valence-electron chi connectivity index (χ1n) is 7.33. The van der Waals surface area contributed by atoms with Crippen LogP contribution in [0.2, 0.25) is 0 Å². The molecule has 0 bridgehead atoms. The lowest BCUT2D eigenvalue weighted by Gasteiger charge is -2.26. The van der Waals surface area contributed by atoms with Gasteiger partial charge in [0.2, 0.25) is 0 Å². The topological polar surface area (TPSA) is 41.5 Å². The number of ether oxygens (including phenoxy) is 1. The summed E-state index contributed by atoms with van der Waals surface area (Å²) in [5.41, 5.74) is 0.746. The molecule has 3 nitrogen and oxygen atoms in total. The van der Waals surface area contributed by atoms with E-state index < -0.39 is 5.60 Å². The minimum absolute atomic E-state index is 0.0916. The third-order valence-electron chi connectivity index (χ3n) is 3.13. The molecule has 0 radical (unpaired) electrons. The Hall–Kier alpha value is -0.900. The SMILES string of the molecule is CC(C)(O)CCOCC(C)(C)CNCc1ccccc1. The predicted octanol–water partition coefficient (Wildman–Crippen LogP) is 2.98. The summed E-state index contributed by atoms with van der Waals surface area (Å²) >= 11 is 0. The van der Waals surface area contributed by atoms with Crippen LogP contribution in [0, 0.1) is 5.41 Å². The average molecular weight is 279 g/mol. The third kappa shape index (κ3) is 8.31. The molecule has 2 N–H and O–H groups in total. The van der Waals surface area contributed by atoms with Gasteiger partial charge in [-0.15, -0.1) is 0 Å². The van der Waals surface area contributed by atoms with Gasteiger partial charge in [-0.05, 0) is 25.8 Å². The molecule has 0 aromatic heterocycles. The van der Waals surface area contributed by atoms with E-state index in [-0.39, 0.29) is 5.41 Å². The number of nitrogens with one attached hydrogen (secondary N) is 1. The summed E-state index contributed by atoms with van der Waals surface area (Å²) in [6, 6.07) is 10.4. The Balaban J connectivity index is 2.17. The average Bonchev–Trinajstić information content (AvgIpc) is 2.35. The number of hydrogen-bond donors (Lipinski definition) is 2. The van der Waals surface area contributed by atoms with Crippen LogP contribution in [0.5, 0.6) is 0 Å². The van der Waals surface area contributed by atoms with Gasteiger partial charge in [0, 0.05) is 25.1 Å². The molecule has 0 aliphatic heterocycles. The van der Waals surface area contributed by atoms with E-state index in [9.17, 15) is 5.11 Å². The van der Waals surface area contributed by atoms with E-state index in [1.54, 1.807) is 0 Å². The van der Waals surface area contributed by atoms with Gasteiger partial charge in [0.15, 0.2) is 0 Å². The smallest absolute Gasteiger partial charge is 0.0613 e. The van der Waals surface area contributed by atoms with Gasteiger partial charge in [-0.3, -0.25) is 0 Å². The van der Waals surface area contributed by atoms with Crippen LogP contribution in [0.3, 0.4) is 0 Å². The molecule has 0 fully saturated rings. The summed E-state index contributed by atoms with van der Waals surface area (Å²) in [5, 5.41) is 13.1. The number of hydrogen-bond acceptors (Lipinski definition) is 3. The normalized spacial score (nSPS) is 12.7. The highest BCUT2D eigenvalue weighted by Gasteiger charge is 2.19. The van der Waals surface area contributed by atoms with Crippen molar-refractivity contribution in [2.45, 2.75) is 46.3 Å². The highest BCUT2D eigenvalue weighted by molar-refractivity contribution is 5.14. The van der Waals surface area contributed by atoms with Crippen LogP contribution in [0.1, 0.15) is 39.7 Å². The maximum Gasteiger partial charge on any atom is 0.0613 e. The van der Waals surface area contributed by atoms with Crippen molar-refractivity contribution in [3.63, 3.8) is 0 Å². The first-order valence-corrected chi connectivity index (χ1v) is 7.33. The molecule has 0 heterocycles. The second-order valence-electron chi connectivity index (χ2n) is 6.87. The molecule has 0 unspecified atom stereocenters. The van der Waals surface area contributed by atoms with E-state index in [2.05, 4.69) is 43.4 Å². The Bertz CT molecular complexity index is 368. The first kappa shape index (κ1) is 17.2. The second-order valence-corrected chi connectivity index (χ2v) is 6.87. The standard InChI is InChI=1S/C17H29NO2/c1-16(2,14-20-11-10-17(3,4)19)13-18-12-15-8-6-5-7-9-15/h5-9,18-19H,10-14H2,1-4H3. The lowest BCUT2D eigenvalue weighted by Crippen LogP contribution is -2.33. The quantitative estimate of drug-likeness (QED) is 0.683. The molecular weight excluding hydrogens is 250 g/mol. The van der Waals surface area contributed by atoms with Gasteiger partial charge in [0.25, 0.3) is 0 Å². The molecule has 0 saturated heterocycles.